The van der Waals surface area contributed by atoms with Gasteiger partial charge in [0, 0.05) is 55.7 Å². The van der Waals surface area contributed by atoms with Gasteiger partial charge < -0.3 is 33.5 Å². The molecule has 4 aliphatic rings. The molecule has 0 aromatic carbocycles. The van der Waals surface area contributed by atoms with Gasteiger partial charge in [-0.05, 0) is 55.4 Å². The third-order valence-electron chi connectivity index (χ3n) is 9.39. The van der Waals surface area contributed by atoms with E-state index in [1.165, 1.54) is 22.7 Å². The summed E-state index contributed by atoms with van der Waals surface area (Å²) in [5.74, 6) is -4.98. The highest BCUT2D eigenvalue weighted by molar-refractivity contribution is 7.10. The van der Waals surface area contributed by atoms with Crippen LogP contribution in [0.3, 0.4) is 0 Å². The van der Waals surface area contributed by atoms with Gasteiger partial charge in [0.05, 0.1) is 49.0 Å². The van der Waals surface area contributed by atoms with Crippen LogP contribution in [-0.4, -0.2) is 123 Å². The quantitative estimate of drug-likeness (QED) is 0.131. The molecule has 4 aliphatic heterocycles. The Morgan fingerprint density at radius 1 is 0.762 bits per heavy atom. The van der Waals surface area contributed by atoms with E-state index in [0.29, 0.717) is 29.0 Å². The zero-order valence-corrected chi connectivity index (χ0v) is 38.0. The Hall–Kier alpha value is -5.23. The zero-order chi connectivity index (χ0) is 46.2. The number of thiazole rings is 2. The maximum absolute atomic E-state index is 13.0. The van der Waals surface area contributed by atoms with Gasteiger partial charge in [0.25, 0.3) is 11.8 Å². The average Bonchev–Trinajstić information content (AvgIpc) is 4.01. The van der Waals surface area contributed by atoms with Crippen LogP contribution >= 0.6 is 22.7 Å². The lowest BCUT2D eigenvalue weighted by Gasteiger charge is -2.34. The molecule has 1 N–H and O–H groups in total. The summed E-state index contributed by atoms with van der Waals surface area (Å²) in [5.41, 5.74) is -2.04. The van der Waals surface area contributed by atoms with Crippen molar-refractivity contribution in [2.24, 2.45) is 16.2 Å². The van der Waals surface area contributed by atoms with Crippen molar-refractivity contribution in [1.29, 1.82) is 0 Å². The van der Waals surface area contributed by atoms with Gasteiger partial charge in [-0.3, -0.25) is 24.0 Å². The number of Topliss-reactive ketones (excluding diaryl/α,β-unsaturated/α-hetero) is 1. The molecule has 2 aromatic rings. The minimum absolute atomic E-state index is 0.0431. The number of hydrogen-bond acceptors (Lipinski definition) is 21. The topological polar surface area (TPSA) is 259 Å². The molecule has 6 heterocycles. The van der Waals surface area contributed by atoms with Gasteiger partial charge in [-0.25, -0.2) is 29.8 Å². The molecule has 1 atom stereocenters. The molecular formula is C40H52N6O15S2. The van der Waals surface area contributed by atoms with Crippen molar-refractivity contribution in [3.8, 4) is 0 Å². The first-order valence-corrected chi connectivity index (χ1v) is 21.9. The maximum Gasteiger partial charge on any atom is 0.387 e. The summed E-state index contributed by atoms with van der Waals surface area (Å²) in [6.45, 7) is 15.2. The Morgan fingerprint density at radius 2 is 1.21 bits per heavy atom. The third kappa shape index (κ3) is 13.2. The van der Waals surface area contributed by atoms with E-state index in [-0.39, 0.29) is 87.8 Å². The molecule has 0 radical (unpaired) electrons. The predicted octanol–water partition coefficient (Wildman–Crippen LogP) is 3.37. The number of rotatable bonds is 13. The second-order valence-electron chi connectivity index (χ2n) is 16.8. The van der Waals surface area contributed by atoms with Gasteiger partial charge in [-0.1, -0.05) is 10.3 Å². The molecule has 2 aromatic heterocycles. The fourth-order valence-electron chi connectivity index (χ4n) is 6.08. The fourth-order valence-corrected chi connectivity index (χ4v) is 7.27. The summed E-state index contributed by atoms with van der Waals surface area (Å²) in [6.07, 6.45) is 0.579. The third-order valence-corrected chi connectivity index (χ3v) is 10.9. The highest BCUT2D eigenvalue weighted by Crippen LogP contribution is 2.31. The molecule has 0 bridgehead atoms. The minimum atomic E-state index is -1.47. The van der Waals surface area contributed by atoms with E-state index in [4.69, 9.17) is 38.3 Å². The van der Waals surface area contributed by atoms with Crippen LogP contribution in [0.1, 0.15) is 108 Å². The number of hydroxylamine groups is 3. The monoisotopic (exact) mass is 920 g/mol. The van der Waals surface area contributed by atoms with Crippen LogP contribution < -0.4 is 5.48 Å². The fraction of sp³-hybridized carbons (Fsp3) is 0.625. The number of esters is 2. The number of hydrogen-bond donors (Lipinski definition) is 1. The lowest BCUT2D eigenvalue weighted by atomic mass is 9.94. The van der Waals surface area contributed by atoms with Gasteiger partial charge in [0.1, 0.15) is 22.6 Å². The number of nitrogens with zero attached hydrogens (tertiary/aromatic N) is 5. The van der Waals surface area contributed by atoms with E-state index in [1.807, 2.05) is 0 Å². The van der Waals surface area contributed by atoms with Crippen LogP contribution in [0.5, 0.6) is 0 Å². The minimum Gasteiger partial charge on any atom is -0.457 e. The van der Waals surface area contributed by atoms with Crippen LogP contribution in [0.15, 0.2) is 21.1 Å². The van der Waals surface area contributed by atoms with Crippen molar-refractivity contribution in [1.82, 2.24) is 20.5 Å². The van der Waals surface area contributed by atoms with Crippen LogP contribution in [0.4, 0.5) is 0 Å². The summed E-state index contributed by atoms with van der Waals surface area (Å²) < 4.78 is 21.8. The summed E-state index contributed by atoms with van der Waals surface area (Å²) in [4.78, 5) is 117. The number of oxime groups is 2. The van der Waals surface area contributed by atoms with Gasteiger partial charge in [0.15, 0.2) is 11.5 Å². The SMILES string of the molecule is Cc1nc(/C(=N/OC2(C(=O)OC(C)(C)C)CCOCC2)C(=O)C[C@H]2CONC2=O)cs1.Cc1nc(/C(=N/OC2(C(=O)OC(C)(C)C)CCOCC2)C(=O)ON2C(=O)CCC2=O)cs1. The Kier molecular flexibility index (Phi) is 15.9. The van der Waals surface area contributed by atoms with Crippen LogP contribution in [-0.2, 0) is 71.9 Å². The molecule has 4 fully saturated rings. The first-order chi connectivity index (χ1) is 29.6. The maximum atomic E-state index is 13.0. The molecule has 0 saturated carbocycles. The number of ketones is 1. The summed E-state index contributed by atoms with van der Waals surface area (Å²) in [7, 11) is 0. The van der Waals surface area contributed by atoms with Gasteiger partial charge >= 0.3 is 17.9 Å². The van der Waals surface area contributed by atoms with Gasteiger partial charge in [0.2, 0.25) is 22.8 Å². The van der Waals surface area contributed by atoms with Crippen molar-refractivity contribution in [3.05, 3.63) is 32.2 Å². The standard InChI is InChI=1S/C20H25N3O8S.C20H27N3O7S/c1-12-21-13(11-32-12)16(17(26)30-23-14(24)5-6-15(23)25)22-31-20(7-9-28-10-8-20)18(27)29-19(2,3)4;1-12-21-14(11-31-12)16(15(24)9-13-10-28-23-17(13)25)22-30-20(5-7-27-8-6-20)18(26)29-19(2,3)4/h11H,5-10H2,1-4H3;11,13H,5-10H2,1-4H3,(H,23,25)/b2*22-16-/t;13-/m.0/s1. The number of carbonyl (C=O) groups is 7. The predicted molar refractivity (Wildman–Crippen MR) is 221 cm³/mol. The zero-order valence-electron chi connectivity index (χ0n) is 36.4. The number of aryl methyl sites for hydroxylation is 2. The van der Waals surface area contributed by atoms with E-state index in [2.05, 4.69) is 25.8 Å². The average molecular weight is 921 g/mol. The summed E-state index contributed by atoms with van der Waals surface area (Å²) >= 11 is 2.61. The molecule has 0 unspecified atom stereocenters. The van der Waals surface area contributed by atoms with Crippen LogP contribution in [0, 0.1) is 19.8 Å². The highest BCUT2D eigenvalue weighted by Gasteiger charge is 2.48. The molecule has 63 heavy (non-hydrogen) atoms. The lowest BCUT2D eigenvalue weighted by molar-refractivity contribution is -0.196. The molecule has 0 aliphatic carbocycles. The number of imide groups is 1. The Bertz CT molecular complexity index is 2090. The number of ether oxygens (including phenoxy) is 4. The lowest BCUT2D eigenvalue weighted by Crippen LogP contribution is -2.49. The van der Waals surface area contributed by atoms with E-state index >= 15 is 0 Å². The number of aromatic nitrogens is 2. The first kappa shape index (κ1) is 48.8. The Morgan fingerprint density at radius 3 is 1.60 bits per heavy atom. The summed E-state index contributed by atoms with van der Waals surface area (Å²) in [5, 5.41) is 13.1. The van der Waals surface area contributed by atoms with Crippen LogP contribution in [0.25, 0.3) is 0 Å². The Labute approximate surface area is 371 Å². The summed E-state index contributed by atoms with van der Waals surface area (Å²) in [6, 6.07) is 0. The van der Waals surface area contributed by atoms with E-state index in [0.717, 1.165) is 5.01 Å². The van der Waals surface area contributed by atoms with Crippen LogP contribution in [0.2, 0.25) is 0 Å². The van der Waals surface area contributed by atoms with Crippen molar-refractivity contribution < 1.29 is 71.9 Å². The molecule has 21 nitrogen and oxygen atoms in total. The van der Waals surface area contributed by atoms with Gasteiger partial charge in [-0.2, -0.15) is 0 Å². The van der Waals surface area contributed by atoms with Crippen molar-refractivity contribution in [2.45, 2.75) is 123 Å². The number of amides is 3. The number of carbonyl (C=O) groups excluding carboxylic acids is 7. The largest absolute Gasteiger partial charge is 0.457 e. The second-order valence-corrected chi connectivity index (χ2v) is 19.0. The molecular weight excluding hydrogens is 869 g/mol. The van der Waals surface area contributed by atoms with Crippen molar-refractivity contribution in [3.63, 3.8) is 0 Å². The molecule has 344 valence electrons. The molecule has 3 amide bonds. The Balaban J connectivity index is 0.000000238. The van der Waals surface area contributed by atoms with Crippen molar-refractivity contribution >= 4 is 75.5 Å². The van der Waals surface area contributed by atoms with E-state index in [1.54, 1.807) is 66.2 Å². The van der Waals surface area contributed by atoms with Gasteiger partial charge in [-0.15, -0.1) is 27.7 Å². The molecule has 0 spiro atoms. The molecule has 23 heteroatoms. The normalized spacial score (nSPS) is 20.3. The number of nitrogens with one attached hydrogen (secondary N) is 1. The van der Waals surface area contributed by atoms with Crippen molar-refractivity contribution in [2.75, 3.05) is 33.0 Å². The molecule has 4 saturated heterocycles. The smallest absolute Gasteiger partial charge is 0.387 e. The first-order valence-electron chi connectivity index (χ1n) is 20.1. The van der Waals surface area contributed by atoms with E-state index in [9.17, 15) is 33.6 Å². The molecule has 6 rings (SSSR count). The van der Waals surface area contributed by atoms with E-state index < -0.39 is 63.8 Å². The highest BCUT2D eigenvalue weighted by atomic mass is 32.1. The second kappa shape index (κ2) is 20.5.